The molecular formula is C8H14AlO3. The Kier molecular flexibility index (Phi) is 3.73. The fraction of sp³-hybridized carbons (Fsp3) is 0.875. The molecule has 0 saturated heterocycles. The van der Waals surface area contributed by atoms with Gasteiger partial charge in [0.05, 0.1) is 12.0 Å². The molecule has 0 aromatic rings. The van der Waals surface area contributed by atoms with E-state index < -0.39 is 0 Å². The van der Waals surface area contributed by atoms with Crippen LogP contribution in [-0.2, 0) is 3.79 Å². The minimum Gasteiger partial charge on any atom is -0.757 e. The zero-order chi connectivity index (χ0) is 9.14. The first-order valence-electron chi connectivity index (χ1n) is 4.21. The molecule has 0 aromatic heterocycles. The van der Waals surface area contributed by atoms with Crippen molar-refractivity contribution < 1.29 is 13.7 Å². The Morgan fingerprint density at radius 1 is 1.58 bits per heavy atom. The fourth-order valence-electron chi connectivity index (χ4n) is 1.74. The third-order valence-corrected chi connectivity index (χ3v) is 2.83. The lowest BCUT2D eigenvalue weighted by molar-refractivity contribution is 0.0383. The van der Waals surface area contributed by atoms with Crippen molar-refractivity contribution in [3.63, 3.8) is 0 Å². The summed E-state index contributed by atoms with van der Waals surface area (Å²) in [6.45, 7) is 1.69. The first-order chi connectivity index (χ1) is 5.65. The van der Waals surface area contributed by atoms with Crippen molar-refractivity contribution in [2.24, 2.45) is 5.92 Å². The van der Waals surface area contributed by atoms with Gasteiger partial charge in [-0.05, 0) is 19.3 Å². The van der Waals surface area contributed by atoms with E-state index in [4.69, 9.17) is 3.79 Å². The summed E-state index contributed by atoms with van der Waals surface area (Å²) in [5.74, 6) is 0.500. The molecule has 3 radical (unpaired) electrons. The van der Waals surface area contributed by atoms with Gasteiger partial charge < -0.3 is 25.5 Å². The van der Waals surface area contributed by atoms with Crippen LogP contribution in [0, 0.1) is 5.92 Å². The number of rotatable bonds is 2. The summed E-state index contributed by atoms with van der Waals surface area (Å²) in [7, 11) is 0. The first kappa shape index (κ1) is 10.2. The van der Waals surface area contributed by atoms with Crippen LogP contribution in [0.25, 0.3) is 0 Å². The zero-order valence-electron chi connectivity index (χ0n) is 7.23. The Hall–Kier alpha value is 0.122. The maximum atomic E-state index is 9.33. The Labute approximate surface area is 80.9 Å². The van der Waals surface area contributed by atoms with Gasteiger partial charge in [0.15, 0.2) is 0 Å². The first-order valence-corrected chi connectivity index (χ1v) is 4.68. The molecule has 0 aliphatic heterocycles. The molecule has 3 nitrogen and oxygen atoms in total. The molecule has 1 fully saturated rings. The third kappa shape index (κ3) is 2.30. The smallest absolute Gasteiger partial charge is 0.295 e. The third-order valence-electron chi connectivity index (χ3n) is 2.48. The molecule has 12 heavy (non-hydrogen) atoms. The van der Waals surface area contributed by atoms with E-state index in [2.05, 4.69) is 16.6 Å². The second kappa shape index (κ2) is 4.38. The van der Waals surface area contributed by atoms with E-state index in [0.717, 1.165) is 12.8 Å². The van der Waals surface area contributed by atoms with Gasteiger partial charge in [-0.3, -0.25) is 4.79 Å². The molecule has 0 heterocycles. The Morgan fingerprint density at radius 3 is 2.75 bits per heavy atom. The lowest BCUT2D eigenvalue weighted by Gasteiger charge is -2.37. The van der Waals surface area contributed by atoms with Gasteiger partial charge in [0.2, 0.25) is 0 Å². The van der Waals surface area contributed by atoms with Crippen molar-refractivity contribution in [2.45, 2.75) is 38.4 Å². The molecule has 1 saturated carbocycles. The van der Waals surface area contributed by atoms with Gasteiger partial charge in [0.25, 0.3) is 5.78 Å². The molecule has 0 aromatic carbocycles. The maximum absolute atomic E-state index is 9.33. The minimum absolute atomic E-state index is 0.0521. The molecule has 67 valence electrons. The van der Waals surface area contributed by atoms with Crippen molar-refractivity contribution >= 4 is 22.4 Å². The number of aliphatic hydroxyl groups is 1. The quantitative estimate of drug-likeness (QED) is 0.493. The average Bonchev–Trinajstić information content (AvgIpc) is 2.03. The highest BCUT2D eigenvalue weighted by Crippen LogP contribution is 2.27. The molecule has 4 heteroatoms. The van der Waals surface area contributed by atoms with Gasteiger partial charge in [-0.25, -0.2) is 0 Å². The van der Waals surface area contributed by atoms with E-state index in [1.54, 1.807) is 6.92 Å². The summed E-state index contributed by atoms with van der Waals surface area (Å²) in [4.78, 5) is 9.31. The van der Waals surface area contributed by atoms with Crippen molar-refractivity contribution in [1.29, 1.82) is 0 Å². The van der Waals surface area contributed by atoms with Gasteiger partial charge >= 0.3 is 0 Å². The van der Waals surface area contributed by atoms with Crippen LogP contribution in [0.4, 0.5) is 0 Å². The Morgan fingerprint density at radius 2 is 2.25 bits per heavy atom. The lowest BCUT2D eigenvalue weighted by Crippen LogP contribution is -2.37. The van der Waals surface area contributed by atoms with Gasteiger partial charge in [-0.2, -0.15) is 0 Å². The number of carbonyl (C=O) groups excluding carboxylic acids is 1. The molecule has 2 N–H and O–H groups in total. The SMILES string of the molecule is CC(=[OH+])C1CCC(O)CC1[O][Al-]. The molecule has 0 spiro atoms. The maximum Gasteiger partial charge on any atom is 0.295 e. The van der Waals surface area contributed by atoms with Crippen LogP contribution in [0.2, 0.25) is 0 Å². The summed E-state index contributed by atoms with van der Waals surface area (Å²) >= 11 is 2.20. The van der Waals surface area contributed by atoms with E-state index in [-0.39, 0.29) is 18.1 Å². The number of hydrogen-bond acceptors (Lipinski definition) is 2. The lowest BCUT2D eigenvalue weighted by atomic mass is 9.83. The van der Waals surface area contributed by atoms with E-state index >= 15 is 0 Å². The van der Waals surface area contributed by atoms with Crippen molar-refractivity contribution in [2.75, 3.05) is 0 Å². The number of hydrogen-bond donors (Lipinski definition) is 1. The molecular weight excluding hydrogens is 171 g/mol. The van der Waals surface area contributed by atoms with Crippen LogP contribution in [-0.4, -0.2) is 44.5 Å². The zero-order valence-corrected chi connectivity index (χ0v) is 8.39. The van der Waals surface area contributed by atoms with Crippen molar-refractivity contribution in [3.8, 4) is 0 Å². The van der Waals surface area contributed by atoms with Crippen LogP contribution < -0.4 is 0 Å². The van der Waals surface area contributed by atoms with Crippen LogP contribution in [0.15, 0.2) is 0 Å². The monoisotopic (exact) mass is 185 g/mol. The van der Waals surface area contributed by atoms with E-state index in [9.17, 15) is 9.90 Å². The van der Waals surface area contributed by atoms with E-state index in [0.29, 0.717) is 12.2 Å². The molecule has 0 amide bonds. The van der Waals surface area contributed by atoms with Gasteiger partial charge in [-0.15, -0.1) is 0 Å². The van der Waals surface area contributed by atoms with Crippen molar-refractivity contribution in [1.82, 2.24) is 0 Å². The minimum atomic E-state index is -0.272. The van der Waals surface area contributed by atoms with E-state index in [1.807, 2.05) is 0 Å². The number of ketones is 1. The van der Waals surface area contributed by atoms with Crippen LogP contribution in [0.1, 0.15) is 26.2 Å². The average molecular weight is 185 g/mol. The summed E-state index contributed by atoms with van der Waals surface area (Å²) < 4.78 is 5.11. The molecule has 1 rings (SSSR count). The summed E-state index contributed by atoms with van der Waals surface area (Å²) in [6, 6.07) is 0. The van der Waals surface area contributed by atoms with Gasteiger partial charge in [-0.1, -0.05) is 0 Å². The van der Waals surface area contributed by atoms with Crippen LogP contribution in [0.3, 0.4) is 0 Å². The highest BCUT2D eigenvalue weighted by molar-refractivity contribution is 5.98. The second-order valence-corrected chi connectivity index (χ2v) is 3.66. The predicted molar refractivity (Wildman–Crippen MR) is 46.6 cm³/mol. The highest BCUT2D eigenvalue weighted by Gasteiger charge is 2.32. The Bertz CT molecular complexity index is 172. The fourth-order valence-corrected chi connectivity index (χ4v) is 2.04. The molecule has 3 atom stereocenters. The summed E-state index contributed by atoms with van der Waals surface area (Å²) in [5, 5.41) is 9.33. The van der Waals surface area contributed by atoms with Crippen LogP contribution in [0.5, 0.6) is 0 Å². The van der Waals surface area contributed by atoms with Gasteiger partial charge in [0, 0.05) is 13.0 Å². The van der Waals surface area contributed by atoms with E-state index in [1.165, 1.54) is 0 Å². The summed E-state index contributed by atoms with van der Waals surface area (Å²) in [5.41, 5.74) is 0. The molecule has 1 aliphatic rings. The Balaban J connectivity index is 2.56. The topological polar surface area (TPSA) is 50.9 Å². The van der Waals surface area contributed by atoms with Gasteiger partial charge in [0.1, 0.15) is 0 Å². The number of aliphatic hydroxyl groups excluding tert-OH is 1. The molecule has 0 bridgehead atoms. The van der Waals surface area contributed by atoms with Crippen molar-refractivity contribution in [3.05, 3.63) is 0 Å². The standard InChI is InChI=1S/C8H13O3.Al/c1-5(9)7-3-2-6(10)4-8(7)11;/h6-8,10H,2-4H2,1H3;/q-1;/p+1. The predicted octanol–water partition coefficient (Wildman–Crippen LogP) is 0.181. The van der Waals surface area contributed by atoms with Crippen LogP contribution >= 0.6 is 0 Å². The normalized spacial score (nSPS) is 36.4. The second-order valence-electron chi connectivity index (χ2n) is 3.39. The molecule has 3 unspecified atom stereocenters. The largest absolute Gasteiger partial charge is 0.757 e. The highest BCUT2D eigenvalue weighted by atomic mass is 27.1. The summed E-state index contributed by atoms with van der Waals surface area (Å²) in [6.07, 6.45) is 1.86. The molecule has 1 aliphatic carbocycles.